The molecule has 1 heterocycles. The van der Waals surface area contributed by atoms with E-state index in [1.54, 1.807) is 13.1 Å². The van der Waals surface area contributed by atoms with E-state index in [0.29, 0.717) is 0 Å². The van der Waals surface area contributed by atoms with E-state index in [4.69, 9.17) is 0 Å². The third-order valence-corrected chi connectivity index (χ3v) is 3.68. The second kappa shape index (κ2) is 4.45. The number of aromatic nitrogens is 2. The summed E-state index contributed by atoms with van der Waals surface area (Å²) >= 11 is 2.20. The molecule has 0 bridgehead atoms. The molecule has 1 aromatic heterocycles. The lowest BCUT2D eigenvalue weighted by Crippen LogP contribution is -2.03. The molecule has 0 unspecified atom stereocenters. The molecule has 16 heavy (non-hydrogen) atoms. The van der Waals surface area contributed by atoms with Crippen molar-refractivity contribution in [2.24, 2.45) is 0 Å². The van der Waals surface area contributed by atoms with Crippen LogP contribution in [-0.4, -0.2) is 15.8 Å². The van der Waals surface area contributed by atoms with E-state index < -0.39 is 0 Å². The number of ketones is 1. The first-order valence-corrected chi connectivity index (χ1v) is 6.15. The first-order valence-electron chi connectivity index (χ1n) is 5.07. The van der Waals surface area contributed by atoms with Crippen molar-refractivity contribution in [3.8, 4) is 0 Å². The predicted octanol–water partition coefficient (Wildman–Crippen LogP) is 3.00. The summed E-state index contributed by atoms with van der Waals surface area (Å²) in [6.45, 7) is 3.65. The average molecular weight is 326 g/mol. The number of halogens is 1. The Morgan fingerprint density at radius 3 is 2.88 bits per heavy atom. The Bertz CT molecular complexity index is 566. The first kappa shape index (κ1) is 11.4. The first-order chi connectivity index (χ1) is 7.65. The Morgan fingerprint density at radius 1 is 1.50 bits per heavy atom. The number of nitrogens with zero attached hydrogens (tertiary/aromatic N) is 2. The van der Waals surface area contributed by atoms with Crippen LogP contribution in [-0.2, 0) is 6.42 Å². The number of carbonyl (C=O) groups is 1. The van der Waals surface area contributed by atoms with Crippen LogP contribution < -0.4 is 0 Å². The number of Topliss-reactive ketones (excluding diaryl/α,β-unsaturated/α-hetero) is 1. The highest BCUT2D eigenvalue weighted by Gasteiger charge is 2.14. The molecule has 0 saturated heterocycles. The molecule has 0 N–H and O–H groups in total. The Balaban J connectivity index is 2.87. The zero-order chi connectivity index (χ0) is 11.7. The molecule has 0 fully saturated rings. The van der Waals surface area contributed by atoms with E-state index in [9.17, 15) is 4.79 Å². The van der Waals surface area contributed by atoms with Crippen molar-refractivity contribution in [3.63, 3.8) is 0 Å². The van der Waals surface area contributed by atoms with Crippen molar-refractivity contribution in [2.45, 2.75) is 20.3 Å². The van der Waals surface area contributed by atoms with Gasteiger partial charge in [-0.15, -0.1) is 0 Å². The monoisotopic (exact) mass is 326 g/mol. The molecule has 2 rings (SSSR count). The molecule has 0 saturated carbocycles. The van der Waals surface area contributed by atoms with E-state index in [1.165, 1.54) is 6.33 Å². The van der Waals surface area contributed by atoms with Gasteiger partial charge in [-0.1, -0.05) is 6.92 Å². The van der Waals surface area contributed by atoms with Gasteiger partial charge < -0.3 is 0 Å². The maximum Gasteiger partial charge on any atom is 0.161 e. The zero-order valence-electron chi connectivity index (χ0n) is 9.12. The number of fused-ring (bicyclic) bond motifs is 1. The molecule has 2 aromatic rings. The number of carbonyl (C=O) groups excluding carboxylic acids is 1. The molecule has 0 aliphatic rings. The normalized spacial score (nSPS) is 10.7. The molecule has 0 radical (unpaired) electrons. The van der Waals surface area contributed by atoms with Crippen LogP contribution >= 0.6 is 22.6 Å². The van der Waals surface area contributed by atoms with Crippen LogP contribution in [0.15, 0.2) is 18.6 Å². The van der Waals surface area contributed by atoms with E-state index in [-0.39, 0.29) is 5.78 Å². The highest BCUT2D eigenvalue weighted by molar-refractivity contribution is 14.1. The van der Waals surface area contributed by atoms with E-state index in [2.05, 4.69) is 32.6 Å². The second-order valence-corrected chi connectivity index (χ2v) is 4.67. The van der Waals surface area contributed by atoms with Gasteiger partial charge in [-0.05, 0) is 47.6 Å². The SMILES string of the molecule is CCc1cc2ncncc2c(I)c1C(C)=O. The highest BCUT2D eigenvalue weighted by atomic mass is 127. The van der Waals surface area contributed by atoms with Crippen LogP contribution in [0.4, 0.5) is 0 Å². The summed E-state index contributed by atoms with van der Waals surface area (Å²) in [6, 6.07) is 1.98. The minimum Gasteiger partial charge on any atom is -0.294 e. The maximum atomic E-state index is 11.6. The smallest absolute Gasteiger partial charge is 0.161 e. The summed E-state index contributed by atoms with van der Waals surface area (Å²) in [7, 11) is 0. The van der Waals surface area contributed by atoms with Gasteiger partial charge in [0.25, 0.3) is 0 Å². The number of rotatable bonds is 2. The van der Waals surface area contributed by atoms with Crippen molar-refractivity contribution >= 4 is 39.3 Å². The lowest BCUT2D eigenvalue weighted by molar-refractivity contribution is 0.101. The van der Waals surface area contributed by atoms with Crippen molar-refractivity contribution in [1.82, 2.24) is 9.97 Å². The van der Waals surface area contributed by atoms with Crippen molar-refractivity contribution in [2.75, 3.05) is 0 Å². The third kappa shape index (κ3) is 1.81. The Morgan fingerprint density at radius 2 is 2.25 bits per heavy atom. The minimum atomic E-state index is 0.104. The molecule has 3 nitrogen and oxygen atoms in total. The quantitative estimate of drug-likeness (QED) is 0.629. The standard InChI is InChI=1S/C12H11IN2O/c1-3-8-4-10-9(5-14-6-15-10)12(13)11(8)7(2)16/h4-6H,3H2,1-2H3. The largest absolute Gasteiger partial charge is 0.294 e. The molecule has 0 aliphatic heterocycles. The summed E-state index contributed by atoms with van der Waals surface area (Å²) in [4.78, 5) is 19.9. The predicted molar refractivity (Wildman–Crippen MR) is 71.6 cm³/mol. The van der Waals surface area contributed by atoms with Crippen molar-refractivity contribution < 1.29 is 4.79 Å². The van der Waals surface area contributed by atoms with Crippen LogP contribution in [0.25, 0.3) is 10.9 Å². The molecular formula is C12H11IN2O. The molecule has 1 aromatic carbocycles. The van der Waals surface area contributed by atoms with Crippen LogP contribution in [0.2, 0.25) is 0 Å². The van der Waals surface area contributed by atoms with E-state index in [0.717, 1.165) is 32.0 Å². The lowest BCUT2D eigenvalue weighted by atomic mass is 10.00. The summed E-state index contributed by atoms with van der Waals surface area (Å²) in [5.41, 5.74) is 2.77. The van der Waals surface area contributed by atoms with E-state index in [1.807, 2.05) is 13.0 Å². The molecule has 0 amide bonds. The third-order valence-electron chi connectivity index (χ3n) is 2.56. The van der Waals surface area contributed by atoms with Gasteiger partial charge in [0.2, 0.25) is 0 Å². The summed E-state index contributed by atoms with van der Waals surface area (Å²) < 4.78 is 0.958. The zero-order valence-corrected chi connectivity index (χ0v) is 11.3. The topological polar surface area (TPSA) is 42.9 Å². The van der Waals surface area contributed by atoms with Gasteiger partial charge >= 0.3 is 0 Å². The van der Waals surface area contributed by atoms with E-state index >= 15 is 0 Å². The van der Waals surface area contributed by atoms with Gasteiger partial charge in [-0.2, -0.15) is 0 Å². The molecule has 0 aliphatic carbocycles. The molecular weight excluding hydrogens is 315 g/mol. The van der Waals surface area contributed by atoms with Gasteiger partial charge in [0.05, 0.1) is 5.52 Å². The molecule has 82 valence electrons. The van der Waals surface area contributed by atoms with Crippen LogP contribution in [0.5, 0.6) is 0 Å². The van der Waals surface area contributed by atoms with Gasteiger partial charge in [0, 0.05) is 20.7 Å². The fraction of sp³-hybridized carbons (Fsp3) is 0.250. The Labute approximate surface area is 107 Å². The van der Waals surface area contributed by atoms with Gasteiger partial charge in [-0.25, -0.2) is 9.97 Å². The van der Waals surface area contributed by atoms with Gasteiger partial charge in [-0.3, -0.25) is 4.79 Å². The summed E-state index contributed by atoms with van der Waals surface area (Å²) in [6.07, 6.45) is 4.13. The number of hydrogen-bond acceptors (Lipinski definition) is 3. The number of benzene rings is 1. The van der Waals surface area contributed by atoms with Gasteiger partial charge in [0.15, 0.2) is 5.78 Å². The maximum absolute atomic E-state index is 11.6. The fourth-order valence-corrected chi connectivity index (χ4v) is 2.94. The Hall–Kier alpha value is -1.04. The fourth-order valence-electron chi connectivity index (χ4n) is 1.80. The van der Waals surface area contributed by atoms with Crippen LogP contribution in [0.3, 0.4) is 0 Å². The highest BCUT2D eigenvalue weighted by Crippen LogP contribution is 2.26. The molecule has 4 heteroatoms. The second-order valence-electron chi connectivity index (χ2n) is 3.59. The van der Waals surface area contributed by atoms with Crippen LogP contribution in [0.1, 0.15) is 29.8 Å². The van der Waals surface area contributed by atoms with Gasteiger partial charge in [0.1, 0.15) is 6.33 Å². The lowest BCUT2D eigenvalue weighted by Gasteiger charge is -2.10. The number of aryl methyl sites for hydroxylation is 1. The molecule has 0 atom stereocenters. The minimum absolute atomic E-state index is 0.104. The summed E-state index contributed by atoms with van der Waals surface area (Å²) in [5.74, 6) is 0.104. The van der Waals surface area contributed by atoms with Crippen LogP contribution in [0, 0.1) is 3.57 Å². The average Bonchev–Trinajstić information content (AvgIpc) is 2.28. The number of hydrogen-bond donors (Lipinski definition) is 0. The summed E-state index contributed by atoms with van der Waals surface area (Å²) in [5, 5.41) is 0.950. The van der Waals surface area contributed by atoms with Crippen molar-refractivity contribution in [1.29, 1.82) is 0 Å². The Kier molecular flexibility index (Phi) is 3.18. The molecule has 0 spiro atoms. The van der Waals surface area contributed by atoms with Crippen molar-refractivity contribution in [3.05, 3.63) is 33.3 Å².